The minimum Gasteiger partial charge on any atom is -0.294 e. The highest BCUT2D eigenvalue weighted by molar-refractivity contribution is 6.05. The monoisotopic (exact) mass is 801 g/mol. The van der Waals surface area contributed by atoms with Crippen LogP contribution in [0.15, 0.2) is 60.9 Å². The summed E-state index contributed by atoms with van der Waals surface area (Å²) in [7, 11) is 0. The van der Waals surface area contributed by atoms with Gasteiger partial charge in [-0.1, -0.05) is 195 Å². The summed E-state index contributed by atoms with van der Waals surface area (Å²) in [4.78, 5) is 80.6. The Labute approximate surface area is 351 Å². The highest BCUT2D eigenvalue weighted by Gasteiger charge is 2.29. The van der Waals surface area contributed by atoms with Crippen molar-refractivity contribution in [2.24, 2.45) is 32.5 Å². The SMILES string of the molecule is CC.CC.CC(C)(C)C(=O)c1cc(C(=O)C(C)(C)C)ncn1.CC(C)(C)C(=O)c1ccc(C(=O)C(C)(C)C)cc1.CC(C)(C)C(=O)c1cccc(C(=O)C(C)(C)C)c1. The van der Waals surface area contributed by atoms with Crippen LogP contribution in [0, 0.1) is 32.5 Å². The summed E-state index contributed by atoms with van der Waals surface area (Å²) < 4.78 is 0. The van der Waals surface area contributed by atoms with Crippen LogP contribution in [0.1, 0.15) is 215 Å². The lowest BCUT2D eigenvalue weighted by molar-refractivity contribution is 0.0839. The minimum atomic E-state index is -0.517. The van der Waals surface area contributed by atoms with E-state index in [2.05, 4.69) is 9.97 Å². The van der Waals surface area contributed by atoms with Crippen LogP contribution in [0.25, 0.3) is 0 Å². The van der Waals surface area contributed by atoms with Gasteiger partial charge in [-0.15, -0.1) is 0 Å². The Kier molecular flexibility index (Phi) is 21.2. The van der Waals surface area contributed by atoms with Gasteiger partial charge >= 0.3 is 0 Å². The molecule has 1 heterocycles. The maximum Gasteiger partial charge on any atom is 0.186 e. The highest BCUT2D eigenvalue weighted by Crippen LogP contribution is 2.27. The van der Waals surface area contributed by atoms with Crippen molar-refractivity contribution in [3.05, 3.63) is 94.6 Å². The number of aromatic nitrogens is 2. The maximum absolute atomic E-state index is 12.2. The molecule has 0 aliphatic rings. The molecule has 8 heteroatoms. The summed E-state index contributed by atoms with van der Waals surface area (Å²) in [6.45, 7) is 41.6. The van der Waals surface area contributed by atoms with Crippen molar-refractivity contribution in [1.29, 1.82) is 0 Å². The van der Waals surface area contributed by atoms with Crippen molar-refractivity contribution in [3.8, 4) is 0 Å². The molecule has 0 aliphatic carbocycles. The highest BCUT2D eigenvalue weighted by atomic mass is 16.1. The second-order valence-electron chi connectivity index (χ2n) is 19.9. The van der Waals surface area contributed by atoms with Crippen LogP contribution >= 0.6 is 0 Å². The van der Waals surface area contributed by atoms with Crippen molar-refractivity contribution in [3.63, 3.8) is 0 Å². The van der Waals surface area contributed by atoms with Gasteiger partial charge in [0, 0.05) is 54.7 Å². The lowest BCUT2D eigenvalue weighted by atomic mass is 9.83. The summed E-state index contributed by atoms with van der Waals surface area (Å²) in [5.74, 6) is 0.132. The molecule has 0 atom stereocenters. The summed E-state index contributed by atoms with van der Waals surface area (Å²) in [5.41, 5.74) is 0.455. The Morgan fingerprint density at radius 2 is 0.552 bits per heavy atom. The van der Waals surface area contributed by atoms with Gasteiger partial charge in [0.1, 0.15) is 17.7 Å². The molecule has 3 aromatic rings. The van der Waals surface area contributed by atoms with E-state index in [1.165, 1.54) is 12.4 Å². The zero-order chi connectivity index (χ0) is 46.4. The molecule has 0 bridgehead atoms. The fraction of sp³-hybridized carbons (Fsp3) is 0.560. The second kappa shape index (κ2) is 22.1. The van der Waals surface area contributed by atoms with E-state index >= 15 is 0 Å². The first-order chi connectivity index (χ1) is 26.1. The van der Waals surface area contributed by atoms with Gasteiger partial charge in [-0.2, -0.15) is 0 Å². The molecule has 0 saturated heterocycles. The van der Waals surface area contributed by atoms with E-state index in [-0.39, 0.29) is 34.7 Å². The Balaban J connectivity index is 0. The smallest absolute Gasteiger partial charge is 0.186 e. The van der Waals surface area contributed by atoms with Crippen LogP contribution in [0.5, 0.6) is 0 Å². The standard InChI is InChI=1S/2C16H22O2.C14H20N2O2.2C2H6/c1-15(2,3)13(17)11-7-9-12(10-8-11)14(18)16(4,5)6;1-15(2,3)13(17)11-8-7-9-12(10-11)14(18)16(4,5)6;1-13(2,3)11(17)9-7-10(16-8-15-9)12(18)14(4,5)6;2*1-2/h2*7-10H,1-6H3;7-8H,1-6H3;2*1-2H3. The third-order valence-electron chi connectivity index (χ3n) is 8.02. The first kappa shape index (κ1) is 55.6. The number of carbonyl (C=O) groups excluding carboxylic acids is 6. The molecule has 0 saturated carbocycles. The van der Waals surface area contributed by atoms with Gasteiger partial charge in [0.15, 0.2) is 34.7 Å². The third kappa shape index (κ3) is 18.0. The Hall–Kier alpha value is -4.46. The molecule has 0 amide bonds. The average molecular weight is 801 g/mol. The largest absolute Gasteiger partial charge is 0.294 e. The number of ketones is 6. The minimum absolute atomic E-state index is 0.0612. The summed E-state index contributed by atoms with van der Waals surface area (Å²) in [5, 5.41) is 0. The van der Waals surface area contributed by atoms with Gasteiger partial charge < -0.3 is 0 Å². The zero-order valence-electron chi connectivity index (χ0n) is 40.1. The molecule has 0 fully saturated rings. The topological polar surface area (TPSA) is 128 Å². The number of rotatable bonds is 6. The van der Waals surface area contributed by atoms with E-state index in [1.54, 1.807) is 48.5 Å². The van der Waals surface area contributed by atoms with Crippen LogP contribution in [0.3, 0.4) is 0 Å². The van der Waals surface area contributed by atoms with Crippen LogP contribution in [-0.2, 0) is 0 Å². The maximum atomic E-state index is 12.2. The number of hydrogen-bond acceptors (Lipinski definition) is 8. The molecular formula is C50H76N2O6. The molecule has 2 aromatic carbocycles. The molecule has 0 unspecified atom stereocenters. The lowest BCUT2D eigenvalue weighted by Gasteiger charge is -2.19. The Morgan fingerprint density at radius 3 is 0.776 bits per heavy atom. The van der Waals surface area contributed by atoms with Gasteiger partial charge in [0.05, 0.1) is 0 Å². The number of Topliss-reactive ketones (excluding diaryl/α,β-unsaturated/α-hetero) is 6. The number of carbonyl (C=O) groups is 6. The van der Waals surface area contributed by atoms with Gasteiger partial charge in [-0.25, -0.2) is 9.97 Å². The molecule has 0 aliphatic heterocycles. The van der Waals surface area contributed by atoms with E-state index in [9.17, 15) is 28.8 Å². The Morgan fingerprint density at radius 1 is 0.328 bits per heavy atom. The van der Waals surface area contributed by atoms with E-state index in [0.717, 1.165) is 0 Å². The third-order valence-corrected chi connectivity index (χ3v) is 8.02. The molecule has 0 N–H and O–H groups in total. The van der Waals surface area contributed by atoms with E-state index in [1.807, 2.05) is 152 Å². The van der Waals surface area contributed by atoms with E-state index in [4.69, 9.17) is 0 Å². The van der Waals surface area contributed by atoms with E-state index < -0.39 is 32.5 Å². The number of benzene rings is 2. The molecule has 58 heavy (non-hydrogen) atoms. The van der Waals surface area contributed by atoms with Crippen molar-refractivity contribution in [2.75, 3.05) is 0 Å². The van der Waals surface area contributed by atoms with Gasteiger partial charge in [-0.05, 0) is 12.1 Å². The molecule has 1 aromatic heterocycles. The van der Waals surface area contributed by atoms with Gasteiger partial charge in [0.25, 0.3) is 0 Å². The van der Waals surface area contributed by atoms with Crippen LogP contribution < -0.4 is 0 Å². The average Bonchev–Trinajstić information content (AvgIpc) is 3.13. The predicted octanol–water partition coefficient (Wildman–Crippen LogP) is 13.3. The quantitative estimate of drug-likeness (QED) is 0.225. The number of hydrogen-bond donors (Lipinski definition) is 0. The Bertz CT molecular complexity index is 1620. The normalized spacial score (nSPS) is 11.7. The van der Waals surface area contributed by atoms with Gasteiger partial charge in [0.2, 0.25) is 0 Å². The van der Waals surface area contributed by atoms with Crippen LogP contribution in [0.4, 0.5) is 0 Å². The predicted molar refractivity (Wildman–Crippen MR) is 240 cm³/mol. The summed E-state index contributed by atoms with van der Waals surface area (Å²) >= 11 is 0. The van der Waals surface area contributed by atoms with E-state index in [0.29, 0.717) is 33.6 Å². The number of nitrogens with zero attached hydrogens (tertiary/aromatic N) is 2. The molecule has 8 nitrogen and oxygen atoms in total. The fourth-order valence-electron chi connectivity index (χ4n) is 4.68. The van der Waals surface area contributed by atoms with Crippen LogP contribution in [-0.4, -0.2) is 44.7 Å². The fourth-order valence-corrected chi connectivity index (χ4v) is 4.68. The van der Waals surface area contributed by atoms with Crippen molar-refractivity contribution >= 4 is 34.7 Å². The zero-order valence-corrected chi connectivity index (χ0v) is 40.1. The first-order valence-corrected chi connectivity index (χ1v) is 20.4. The van der Waals surface area contributed by atoms with Crippen molar-refractivity contribution < 1.29 is 28.8 Å². The van der Waals surface area contributed by atoms with Crippen molar-refractivity contribution in [1.82, 2.24) is 9.97 Å². The molecule has 0 spiro atoms. The molecule has 3 rings (SSSR count). The lowest BCUT2D eigenvalue weighted by Crippen LogP contribution is -2.24. The molecular weight excluding hydrogens is 725 g/mol. The summed E-state index contributed by atoms with van der Waals surface area (Å²) in [6.07, 6.45) is 1.28. The van der Waals surface area contributed by atoms with Crippen LogP contribution in [0.2, 0.25) is 0 Å². The second-order valence-corrected chi connectivity index (χ2v) is 19.9. The summed E-state index contributed by atoms with van der Waals surface area (Å²) in [6, 6.07) is 15.5. The van der Waals surface area contributed by atoms with Gasteiger partial charge in [-0.3, -0.25) is 28.8 Å². The first-order valence-electron chi connectivity index (χ1n) is 20.4. The molecule has 322 valence electrons. The van der Waals surface area contributed by atoms with Crippen molar-refractivity contribution in [2.45, 2.75) is 152 Å². The molecule has 0 radical (unpaired) electrons.